The third-order valence-electron chi connectivity index (χ3n) is 4.48. The Morgan fingerprint density at radius 3 is 2.57 bits per heavy atom. The molecule has 1 N–H and O–H groups in total. The smallest absolute Gasteiger partial charge is 0.387 e. The van der Waals surface area contributed by atoms with Gasteiger partial charge in [-0.25, -0.2) is 9.98 Å². The molecule has 1 saturated heterocycles. The predicted molar refractivity (Wildman–Crippen MR) is 106 cm³/mol. The van der Waals surface area contributed by atoms with Gasteiger partial charge in [0.05, 0.1) is 6.54 Å². The van der Waals surface area contributed by atoms with Crippen molar-refractivity contribution in [3.8, 4) is 5.75 Å². The molecule has 2 heterocycles. The van der Waals surface area contributed by atoms with Gasteiger partial charge in [-0.05, 0) is 25.1 Å². The summed E-state index contributed by atoms with van der Waals surface area (Å²) in [6, 6.07) is 12.7. The molecule has 1 aliphatic rings. The van der Waals surface area contributed by atoms with Crippen LogP contribution in [-0.2, 0) is 6.54 Å². The van der Waals surface area contributed by atoms with Gasteiger partial charge in [-0.1, -0.05) is 24.3 Å². The molecule has 150 valence electrons. The molecule has 0 radical (unpaired) electrons. The van der Waals surface area contributed by atoms with Gasteiger partial charge in [0.25, 0.3) is 0 Å². The average molecular weight is 389 g/mol. The quantitative estimate of drug-likeness (QED) is 0.608. The highest BCUT2D eigenvalue weighted by Gasteiger charge is 2.20. The van der Waals surface area contributed by atoms with Crippen molar-refractivity contribution in [1.82, 2.24) is 15.2 Å². The summed E-state index contributed by atoms with van der Waals surface area (Å²) in [4.78, 5) is 13.5. The molecule has 0 atom stereocenters. The van der Waals surface area contributed by atoms with Gasteiger partial charge in [0.2, 0.25) is 0 Å². The van der Waals surface area contributed by atoms with E-state index in [-0.39, 0.29) is 12.3 Å². The minimum absolute atomic E-state index is 0.164. The molecule has 0 spiro atoms. The molecule has 3 rings (SSSR count). The first-order valence-corrected chi connectivity index (χ1v) is 9.39. The number of alkyl halides is 2. The van der Waals surface area contributed by atoms with Crippen molar-refractivity contribution in [1.29, 1.82) is 0 Å². The van der Waals surface area contributed by atoms with Gasteiger partial charge in [-0.3, -0.25) is 0 Å². The van der Waals surface area contributed by atoms with E-state index in [9.17, 15) is 8.78 Å². The zero-order chi connectivity index (χ0) is 19.8. The number of anilines is 1. The number of ether oxygens (including phenoxy) is 1. The number of nitrogens with one attached hydrogen (secondary N) is 1. The Hall–Kier alpha value is -2.90. The largest absolute Gasteiger partial charge is 0.434 e. The first-order chi connectivity index (χ1) is 13.7. The predicted octanol–water partition coefficient (Wildman–Crippen LogP) is 2.97. The summed E-state index contributed by atoms with van der Waals surface area (Å²) in [6.45, 7) is 3.44. The second-order valence-electron chi connectivity index (χ2n) is 6.32. The van der Waals surface area contributed by atoms with Crippen LogP contribution in [-0.4, -0.2) is 55.2 Å². The standard InChI is InChI=1S/C20H25F2N5O/c1-2-23-20(25-15-16-7-3-4-8-17(16)28-19(21)22)27-13-11-26(12-14-27)18-9-5-6-10-24-18/h3-10,19H,2,11-15H2,1H3,(H,23,25). The Kier molecular flexibility index (Phi) is 7.00. The number of nitrogens with zero attached hydrogens (tertiary/aromatic N) is 4. The summed E-state index contributed by atoms with van der Waals surface area (Å²) < 4.78 is 29.8. The van der Waals surface area contributed by atoms with E-state index in [2.05, 4.69) is 29.8 Å². The molecule has 0 aliphatic carbocycles. The van der Waals surface area contributed by atoms with Crippen LogP contribution in [0.1, 0.15) is 12.5 Å². The molecule has 1 aliphatic heterocycles. The minimum atomic E-state index is -2.85. The molecule has 2 aromatic rings. The lowest BCUT2D eigenvalue weighted by atomic mass is 10.2. The van der Waals surface area contributed by atoms with E-state index in [1.165, 1.54) is 6.07 Å². The Morgan fingerprint density at radius 1 is 1.14 bits per heavy atom. The minimum Gasteiger partial charge on any atom is -0.434 e. The monoisotopic (exact) mass is 389 g/mol. The van der Waals surface area contributed by atoms with Crippen LogP contribution >= 0.6 is 0 Å². The first kappa shape index (κ1) is 19.9. The number of pyridine rings is 1. The van der Waals surface area contributed by atoms with E-state index in [0.29, 0.717) is 5.56 Å². The van der Waals surface area contributed by atoms with Crippen molar-refractivity contribution in [2.45, 2.75) is 20.1 Å². The van der Waals surface area contributed by atoms with Crippen molar-refractivity contribution in [2.24, 2.45) is 4.99 Å². The number of aromatic nitrogens is 1. The van der Waals surface area contributed by atoms with Gasteiger partial charge in [0, 0.05) is 44.5 Å². The third-order valence-corrected chi connectivity index (χ3v) is 4.48. The summed E-state index contributed by atoms with van der Waals surface area (Å²) in [5.41, 5.74) is 0.630. The van der Waals surface area contributed by atoms with E-state index in [0.717, 1.165) is 44.5 Å². The van der Waals surface area contributed by atoms with Crippen LogP contribution in [0.25, 0.3) is 0 Å². The number of halogens is 2. The first-order valence-electron chi connectivity index (χ1n) is 9.39. The molecule has 1 aromatic heterocycles. The molecule has 0 saturated carbocycles. The van der Waals surface area contributed by atoms with Crippen LogP contribution < -0.4 is 15.0 Å². The maximum absolute atomic E-state index is 12.6. The second kappa shape index (κ2) is 9.87. The Bertz CT molecular complexity index is 764. The number of guanidine groups is 1. The fourth-order valence-electron chi connectivity index (χ4n) is 3.12. The number of piperazine rings is 1. The second-order valence-corrected chi connectivity index (χ2v) is 6.32. The van der Waals surface area contributed by atoms with Crippen LogP contribution in [0.5, 0.6) is 5.75 Å². The zero-order valence-corrected chi connectivity index (χ0v) is 15.9. The molecule has 0 bridgehead atoms. The SMILES string of the molecule is CCNC(=NCc1ccccc1OC(F)F)N1CCN(c2ccccn2)CC1. The van der Waals surface area contributed by atoms with Crippen LogP contribution in [0.4, 0.5) is 14.6 Å². The highest BCUT2D eigenvalue weighted by atomic mass is 19.3. The Morgan fingerprint density at radius 2 is 1.89 bits per heavy atom. The lowest BCUT2D eigenvalue weighted by Crippen LogP contribution is -2.52. The van der Waals surface area contributed by atoms with Crippen molar-refractivity contribution >= 4 is 11.8 Å². The number of rotatable bonds is 6. The van der Waals surface area contributed by atoms with Gasteiger partial charge in [-0.15, -0.1) is 0 Å². The highest BCUT2D eigenvalue weighted by Crippen LogP contribution is 2.21. The van der Waals surface area contributed by atoms with Crippen molar-refractivity contribution < 1.29 is 13.5 Å². The van der Waals surface area contributed by atoms with Gasteiger partial charge in [0.15, 0.2) is 5.96 Å². The number of para-hydroxylation sites is 1. The summed E-state index contributed by atoms with van der Waals surface area (Å²) in [7, 11) is 0. The lowest BCUT2D eigenvalue weighted by Gasteiger charge is -2.37. The molecule has 1 fully saturated rings. The summed E-state index contributed by atoms with van der Waals surface area (Å²) in [5, 5.41) is 3.29. The average Bonchev–Trinajstić information content (AvgIpc) is 2.72. The maximum Gasteiger partial charge on any atom is 0.387 e. The van der Waals surface area contributed by atoms with E-state index >= 15 is 0 Å². The lowest BCUT2D eigenvalue weighted by molar-refractivity contribution is -0.0504. The van der Waals surface area contributed by atoms with Crippen LogP contribution in [0.2, 0.25) is 0 Å². The van der Waals surface area contributed by atoms with E-state index in [4.69, 9.17) is 0 Å². The van der Waals surface area contributed by atoms with Gasteiger partial charge in [-0.2, -0.15) is 8.78 Å². The fourth-order valence-corrected chi connectivity index (χ4v) is 3.12. The van der Waals surface area contributed by atoms with Crippen LogP contribution in [0.3, 0.4) is 0 Å². The number of aliphatic imine (C=N–C) groups is 1. The van der Waals surface area contributed by atoms with Crippen LogP contribution in [0, 0.1) is 0 Å². The Labute approximate surface area is 163 Å². The topological polar surface area (TPSA) is 53.0 Å². The molecular weight excluding hydrogens is 364 g/mol. The third kappa shape index (κ3) is 5.31. The van der Waals surface area contributed by atoms with Crippen LogP contribution in [0.15, 0.2) is 53.7 Å². The van der Waals surface area contributed by atoms with E-state index in [1.54, 1.807) is 24.4 Å². The molecule has 1 aromatic carbocycles. The van der Waals surface area contributed by atoms with Crippen molar-refractivity contribution in [3.63, 3.8) is 0 Å². The fraction of sp³-hybridized carbons (Fsp3) is 0.400. The summed E-state index contributed by atoms with van der Waals surface area (Å²) in [6.07, 6.45) is 1.80. The van der Waals surface area contributed by atoms with Gasteiger partial charge in [0.1, 0.15) is 11.6 Å². The van der Waals surface area contributed by atoms with Gasteiger partial charge < -0.3 is 19.9 Å². The summed E-state index contributed by atoms with van der Waals surface area (Å²) in [5.74, 6) is 1.91. The molecule has 28 heavy (non-hydrogen) atoms. The number of hydrogen-bond donors (Lipinski definition) is 1. The maximum atomic E-state index is 12.6. The van der Waals surface area contributed by atoms with Crippen molar-refractivity contribution in [2.75, 3.05) is 37.6 Å². The van der Waals surface area contributed by atoms with E-state index in [1.807, 2.05) is 25.1 Å². The van der Waals surface area contributed by atoms with Crippen molar-refractivity contribution in [3.05, 3.63) is 54.2 Å². The van der Waals surface area contributed by atoms with E-state index < -0.39 is 6.61 Å². The normalized spacial score (nSPS) is 15.1. The van der Waals surface area contributed by atoms with Gasteiger partial charge >= 0.3 is 6.61 Å². The summed E-state index contributed by atoms with van der Waals surface area (Å²) >= 11 is 0. The zero-order valence-electron chi connectivity index (χ0n) is 15.9. The molecule has 0 amide bonds. The molecule has 0 unspecified atom stereocenters. The molecule has 6 nitrogen and oxygen atoms in total. The highest BCUT2D eigenvalue weighted by molar-refractivity contribution is 5.80. The number of benzene rings is 1. The Balaban J connectivity index is 1.65. The molecular formula is C20H25F2N5O. The molecule has 8 heteroatoms. The number of hydrogen-bond acceptors (Lipinski definition) is 4.